The predicted octanol–water partition coefficient (Wildman–Crippen LogP) is 7.18. The Bertz CT molecular complexity index is 1170. The monoisotopic (exact) mass is 528 g/mol. The zero-order chi connectivity index (χ0) is 20.9. The van der Waals surface area contributed by atoms with Gasteiger partial charge in [0, 0.05) is 11.1 Å². The summed E-state index contributed by atoms with van der Waals surface area (Å²) in [5.74, 6) is 0.662. The first-order valence-electron chi connectivity index (χ1n) is 9.25. The standard InChI is InChI=1S/C24H18IO4P/c25-28-23-21(18-12-6-2-7-13-18)16-20(17-10-4-1-5-11-17)22(24(23)29-30(26)27)19-14-8-3-9-15-19/h1-16,30H,(H,26,27). The van der Waals surface area contributed by atoms with Crippen LogP contribution in [0.3, 0.4) is 0 Å². The van der Waals surface area contributed by atoms with Crippen LogP contribution in [0.15, 0.2) is 97.1 Å². The fourth-order valence-electron chi connectivity index (χ4n) is 3.47. The van der Waals surface area contributed by atoms with E-state index in [0.717, 1.165) is 27.8 Å². The second-order valence-electron chi connectivity index (χ2n) is 6.55. The molecule has 0 spiro atoms. The van der Waals surface area contributed by atoms with Crippen molar-refractivity contribution < 1.29 is 17.0 Å². The summed E-state index contributed by atoms with van der Waals surface area (Å²) in [7, 11) is -3.28. The fourth-order valence-corrected chi connectivity index (χ4v) is 4.28. The molecule has 0 saturated carbocycles. The maximum atomic E-state index is 11.8. The van der Waals surface area contributed by atoms with Gasteiger partial charge in [-0.3, -0.25) is 0 Å². The lowest BCUT2D eigenvalue weighted by atomic mass is 9.89. The second-order valence-corrected chi connectivity index (χ2v) is 7.72. The molecular weight excluding hydrogens is 510 g/mol. The maximum absolute atomic E-state index is 11.8. The van der Waals surface area contributed by atoms with E-state index in [-0.39, 0.29) is 5.75 Å². The Hall–Kier alpha value is -2.60. The molecule has 4 aromatic carbocycles. The zero-order valence-electron chi connectivity index (χ0n) is 15.8. The van der Waals surface area contributed by atoms with Crippen molar-refractivity contribution in [3.05, 3.63) is 97.1 Å². The minimum atomic E-state index is -3.28. The van der Waals surface area contributed by atoms with E-state index in [1.807, 2.05) is 97.1 Å². The summed E-state index contributed by atoms with van der Waals surface area (Å²) < 4.78 is 23.0. The molecule has 0 radical (unpaired) electrons. The van der Waals surface area contributed by atoms with Crippen LogP contribution < -0.4 is 7.59 Å². The largest absolute Gasteiger partial charge is 0.423 e. The van der Waals surface area contributed by atoms with Gasteiger partial charge in [0.1, 0.15) is 0 Å². The molecule has 6 heteroatoms. The highest BCUT2D eigenvalue weighted by Crippen LogP contribution is 2.52. The van der Waals surface area contributed by atoms with E-state index in [1.165, 1.54) is 0 Å². The maximum Gasteiger partial charge on any atom is 0.365 e. The van der Waals surface area contributed by atoms with Gasteiger partial charge >= 0.3 is 8.25 Å². The molecule has 30 heavy (non-hydrogen) atoms. The summed E-state index contributed by atoms with van der Waals surface area (Å²) in [6.45, 7) is 0. The average Bonchev–Trinajstić information content (AvgIpc) is 2.79. The van der Waals surface area contributed by atoms with Crippen molar-refractivity contribution in [2.24, 2.45) is 0 Å². The highest BCUT2D eigenvalue weighted by Gasteiger charge is 2.24. The number of hydrogen-bond donors (Lipinski definition) is 1. The van der Waals surface area contributed by atoms with Gasteiger partial charge in [0.25, 0.3) is 0 Å². The molecule has 0 saturated heterocycles. The third-order valence-electron chi connectivity index (χ3n) is 4.73. The molecule has 1 atom stereocenters. The van der Waals surface area contributed by atoms with E-state index in [1.54, 1.807) is 23.0 Å². The molecule has 0 heterocycles. The molecule has 0 aliphatic rings. The van der Waals surface area contributed by atoms with Crippen molar-refractivity contribution >= 4 is 31.3 Å². The molecule has 0 bridgehead atoms. The summed E-state index contributed by atoms with van der Waals surface area (Å²) in [5.41, 5.74) is 5.13. The Morgan fingerprint density at radius 1 is 0.667 bits per heavy atom. The number of halogens is 1. The van der Waals surface area contributed by atoms with Crippen LogP contribution in [0.5, 0.6) is 11.5 Å². The number of rotatable bonds is 6. The van der Waals surface area contributed by atoms with Crippen LogP contribution in [0, 0.1) is 0 Å². The van der Waals surface area contributed by atoms with Gasteiger partial charge in [-0.15, -0.1) is 0 Å². The highest BCUT2D eigenvalue weighted by atomic mass is 127. The SMILES string of the molecule is O=[PH](O)Oc1c(OI)c(-c2ccccc2)cc(-c2ccccc2)c1-c1ccccc1. The van der Waals surface area contributed by atoms with Crippen LogP contribution in [0.1, 0.15) is 0 Å². The third kappa shape index (κ3) is 4.29. The first-order chi connectivity index (χ1) is 14.7. The minimum Gasteiger partial charge on any atom is -0.423 e. The Labute approximate surface area is 189 Å². The van der Waals surface area contributed by atoms with Crippen molar-refractivity contribution in [1.82, 2.24) is 0 Å². The van der Waals surface area contributed by atoms with Crippen molar-refractivity contribution in [3.8, 4) is 44.9 Å². The topological polar surface area (TPSA) is 55.8 Å². The van der Waals surface area contributed by atoms with Gasteiger partial charge in [0.15, 0.2) is 34.5 Å². The van der Waals surface area contributed by atoms with Gasteiger partial charge in [0.05, 0.1) is 0 Å². The molecule has 1 unspecified atom stereocenters. The van der Waals surface area contributed by atoms with Gasteiger partial charge in [-0.05, 0) is 28.3 Å². The van der Waals surface area contributed by atoms with Gasteiger partial charge in [0.2, 0.25) is 0 Å². The van der Waals surface area contributed by atoms with E-state index in [0.29, 0.717) is 11.3 Å². The average molecular weight is 528 g/mol. The first-order valence-corrected chi connectivity index (χ1v) is 11.4. The molecule has 0 aromatic heterocycles. The summed E-state index contributed by atoms with van der Waals surface area (Å²) in [5, 5.41) is 0. The zero-order valence-corrected chi connectivity index (χ0v) is 18.9. The summed E-state index contributed by atoms with van der Waals surface area (Å²) in [6, 6.07) is 31.4. The Balaban J connectivity index is 2.13. The lowest BCUT2D eigenvalue weighted by Gasteiger charge is -2.21. The normalized spacial score (nSPS) is 11.7. The van der Waals surface area contributed by atoms with Gasteiger partial charge in [-0.1, -0.05) is 91.0 Å². The predicted molar refractivity (Wildman–Crippen MR) is 129 cm³/mol. The van der Waals surface area contributed by atoms with Crippen molar-refractivity contribution in [3.63, 3.8) is 0 Å². The van der Waals surface area contributed by atoms with Crippen LogP contribution in [-0.2, 0) is 4.57 Å². The summed E-state index contributed by atoms with van der Waals surface area (Å²) in [4.78, 5) is 9.69. The van der Waals surface area contributed by atoms with E-state index < -0.39 is 8.25 Å². The molecule has 0 aliphatic heterocycles. The second kappa shape index (κ2) is 9.47. The van der Waals surface area contributed by atoms with Crippen LogP contribution in [-0.4, -0.2) is 4.89 Å². The molecule has 0 aliphatic carbocycles. The molecule has 0 fully saturated rings. The van der Waals surface area contributed by atoms with Gasteiger partial charge in [-0.2, -0.15) is 0 Å². The molecule has 150 valence electrons. The third-order valence-corrected chi connectivity index (χ3v) is 5.55. The van der Waals surface area contributed by atoms with E-state index in [4.69, 9.17) is 7.59 Å². The van der Waals surface area contributed by atoms with Crippen LogP contribution >= 0.6 is 31.3 Å². The molecule has 4 aromatic rings. The fraction of sp³-hybridized carbons (Fsp3) is 0. The van der Waals surface area contributed by atoms with Crippen molar-refractivity contribution in [1.29, 1.82) is 0 Å². The van der Waals surface area contributed by atoms with Crippen LogP contribution in [0.25, 0.3) is 33.4 Å². The number of benzene rings is 4. The minimum absolute atomic E-state index is 0.252. The van der Waals surface area contributed by atoms with Crippen LogP contribution in [0.2, 0.25) is 0 Å². The molecular formula is C24H18IO4P. The Morgan fingerprint density at radius 3 is 1.60 bits per heavy atom. The van der Waals surface area contributed by atoms with Gasteiger partial charge in [-0.25, -0.2) is 4.57 Å². The first kappa shape index (κ1) is 20.7. The molecule has 4 nitrogen and oxygen atoms in total. The lowest BCUT2D eigenvalue weighted by molar-refractivity contribution is 0.407. The van der Waals surface area contributed by atoms with Crippen molar-refractivity contribution in [2.45, 2.75) is 0 Å². The smallest absolute Gasteiger partial charge is 0.365 e. The van der Waals surface area contributed by atoms with Crippen LogP contribution in [0.4, 0.5) is 0 Å². The molecule has 4 rings (SSSR count). The number of hydrogen-bond acceptors (Lipinski definition) is 3. The van der Waals surface area contributed by atoms with E-state index in [2.05, 4.69) is 0 Å². The van der Waals surface area contributed by atoms with E-state index >= 15 is 0 Å². The van der Waals surface area contributed by atoms with Gasteiger partial charge < -0.3 is 12.5 Å². The van der Waals surface area contributed by atoms with Crippen molar-refractivity contribution in [2.75, 3.05) is 0 Å². The highest BCUT2D eigenvalue weighted by molar-refractivity contribution is 14.1. The summed E-state index contributed by atoms with van der Waals surface area (Å²) in [6.07, 6.45) is 0. The Kier molecular flexibility index (Phi) is 6.53. The molecule has 1 N–H and O–H groups in total. The quantitative estimate of drug-likeness (QED) is 0.213. The Morgan fingerprint density at radius 2 is 1.13 bits per heavy atom. The lowest BCUT2D eigenvalue weighted by Crippen LogP contribution is -1.96. The summed E-state index contributed by atoms with van der Waals surface area (Å²) >= 11 is 1.79. The molecule has 0 amide bonds. The van der Waals surface area contributed by atoms with E-state index in [9.17, 15) is 9.46 Å².